The Balaban J connectivity index is 1.87. The largest absolute Gasteiger partial charge is 0.444 e. The monoisotopic (exact) mass is 252 g/mol. The van der Waals surface area contributed by atoms with Gasteiger partial charge in [0.1, 0.15) is 5.60 Å². The molecule has 0 N–H and O–H groups in total. The number of carbonyl (C=O) groups excluding carboxylic acids is 2. The van der Waals surface area contributed by atoms with Crippen LogP contribution in [0.15, 0.2) is 10.6 Å². The zero-order valence-corrected chi connectivity index (χ0v) is 10.7. The Kier molecular flexibility index (Phi) is 3.11. The van der Waals surface area contributed by atoms with Gasteiger partial charge < -0.3 is 14.2 Å². The summed E-state index contributed by atoms with van der Waals surface area (Å²) >= 11 is 0. The van der Waals surface area contributed by atoms with Gasteiger partial charge in [0, 0.05) is 25.1 Å². The Morgan fingerprint density at radius 2 is 2.22 bits per heavy atom. The lowest BCUT2D eigenvalue weighted by Gasteiger charge is -2.38. The van der Waals surface area contributed by atoms with E-state index in [9.17, 15) is 9.59 Å². The highest BCUT2D eigenvalue weighted by Gasteiger charge is 2.36. The van der Waals surface area contributed by atoms with Crippen molar-refractivity contribution in [1.82, 2.24) is 10.1 Å². The minimum Gasteiger partial charge on any atom is -0.444 e. The molecule has 0 aliphatic carbocycles. The standard InChI is InChI=1S/C12H16N2O4/c1-12(2,3)17-11(16)14-5-8(6-14)10-4-9(7-15)18-13-10/h4,7-8H,5-6H2,1-3H3. The van der Waals surface area contributed by atoms with Crippen LogP contribution in [-0.4, -0.2) is 41.1 Å². The second-order valence-electron chi connectivity index (χ2n) is 5.35. The topological polar surface area (TPSA) is 72.6 Å². The molecule has 0 bridgehead atoms. The predicted octanol–water partition coefficient (Wildman–Crippen LogP) is 1.82. The second-order valence-corrected chi connectivity index (χ2v) is 5.35. The zero-order chi connectivity index (χ0) is 13.3. The average Bonchev–Trinajstić information content (AvgIpc) is 2.60. The number of hydrogen-bond donors (Lipinski definition) is 0. The van der Waals surface area contributed by atoms with Gasteiger partial charge in [-0.3, -0.25) is 4.79 Å². The summed E-state index contributed by atoms with van der Waals surface area (Å²) in [5.74, 6) is 0.329. The van der Waals surface area contributed by atoms with Crippen LogP contribution in [0.1, 0.15) is 42.9 Å². The smallest absolute Gasteiger partial charge is 0.410 e. The molecule has 1 amide bonds. The van der Waals surface area contributed by atoms with Crippen molar-refractivity contribution in [2.45, 2.75) is 32.3 Å². The molecule has 98 valence electrons. The molecule has 0 radical (unpaired) electrons. The van der Waals surface area contributed by atoms with E-state index in [0.717, 1.165) is 0 Å². The third kappa shape index (κ3) is 2.69. The van der Waals surface area contributed by atoms with Gasteiger partial charge in [0.15, 0.2) is 12.0 Å². The van der Waals surface area contributed by atoms with Crippen LogP contribution in [0, 0.1) is 0 Å². The van der Waals surface area contributed by atoms with Crippen molar-refractivity contribution >= 4 is 12.4 Å². The van der Waals surface area contributed by atoms with E-state index in [2.05, 4.69) is 5.16 Å². The fourth-order valence-corrected chi connectivity index (χ4v) is 1.69. The van der Waals surface area contributed by atoms with Gasteiger partial charge >= 0.3 is 6.09 Å². The SMILES string of the molecule is CC(C)(C)OC(=O)N1CC(c2cc(C=O)on2)C1. The van der Waals surface area contributed by atoms with Gasteiger partial charge in [-0.05, 0) is 20.8 Å². The van der Waals surface area contributed by atoms with Gasteiger partial charge in [0.2, 0.25) is 0 Å². The minimum atomic E-state index is -0.485. The number of rotatable bonds is 2. The molecule has 1 aromatic rings. The molecule has 0 spiro atoms. The normalized spacial score (nSPS) is 16.3. The number of aromatic nitrogens is 1. The van der Waals surface area contributed by atoms with Gasteiger partial charge in [-0.25, -0.2) is 4.79 Å². The van der Waals surface area contributed by atoms with Gasteiger partial charge in [-0.15, -0.1) is 0 Å². The highest BCUT2D eigenvalue weighted by Crippen LogP contribution is 2.27. The highest BCUT2D eigenvalue weighted by molar-refractivity contribution is 5.71. The Bertz CT molecular complexity index is 455. The maximum atomic E-state index is 11.7. The van der Waals surface area contributed by atoms with Crippen LogP contribution in [0.4, 0.5) is 4.79 Å². The van der Waals surface area contributed by atoms with Crippen molar-refractivity contribution in [3.63, 3.8) is 0 Å². The van der Waals surface area contributed by atoms with E-state index in [4.69, 9.17) is 9.26 Å². The molecule has 0 unspecified atom stereocenters. The third-order valence-electron chi connectivity index (χ3n) is 2.61. The van der Waals surface area contributed by atoms with E-state index in [1.54, 1.807) is 11.0 Å². The van der Waals surface area contributed by atoms with Crippen LogP contribution in [0.2, 0.25) is 0 Å². The first kappa shape index (κ1) is 12.6. The number of ether oxygens (including phenoxy) is 1. The molecule has 1 saturated heterocycles. The van der Waals surface area contributed by atoms with Crippen molar-refractivity contribution in [3.05, 3.63) is 17.5 Å². The molecule has 2 heterocycles. The fraction of sp³-hybridized carbons (Fsp3) is 0.583. The van der Waals surface area contributed by atoms with Gasteiger partial charge in [0.25, 0.3) is 0 Å². The molecule has 2 rings (SSSR count). The lowest BCUT2D eigenvalue weighted by atomic mass is 9.97. The first-order chi connectivity index (χ1) is 8.39. The summed E-state index contributed by atoms with van der Waals surface area (Å²) in [6.45, 7) is 6.57. The first-order valence-electron chi connectivity index (χ1n) is 5.79. The lowest BCUT2D eigenvalue weighted by molar-refractivity contribution is 0.00763. The van der Waals surface area contributed by atoms with Crippen LogP contribution in [0.3, 0.4) is 0 Å². The number of amides is 1. The minimum absolute atomic E-state index is 0.120. The maximum Gasteiger partial charge on any atom is 0.410 e. The number of nitrogens with zero attached hydrogens (tertiary/aromatic N) is 2. The van der Waals surface area contributed by atoms with Gasteiger partial charge in [0.05, 0.1) is 5.69 Å². The molecule has 1 fully saturated rings. The number of aldehydes is 1. The van der Waals surface area contributed by atoms with E-state index < -0.39 is 5.60 Å². The summed E-state index contributed by atoms with van der Waals surface area (Å²) < 4.78 is 10.0. The van der Waals surface area contributed by atoms with Crippen LogP contribution in [0.5, 0.6) is 0 Å². The lowest BCUT2D eigenvalue weighted by Crippen LogP contribution is -2.50. The van der Waals surface area contributed by atoms with Crippen molar-refractivity contribution in [2.24, 2.45) is 0 Å². The molecular formula is C12H16N2O4. The quantitative estimate of drug-likeness (QED) is 0.751. The van der Waals surface area contributed by atoms with Gasteiger partial charge in [-0.2, -0.15) is 0 Å². The third-order valence-corrected chi connectivity index (χ3v) is 2.61. The van der Waals surface area contributed by atoms with E-state index in [0.29, 0.717) is 25.1 Å². The summed E-state index contributed by atoms with van der Waals surface area (Å²) in [7, 11) is 0. The zero-order valence-electron chi connectivity index (χ0n) is 10.7. The Labute approximate surface area is 105 Å². The summed E-state index contributed by atoms with van der Waals surface area (Å²) in [4.78, 5) is 23.7. The maximum absolute atomic E-state index is 11.7. The summed E-state index contributed by atoms with van der Waals surface area (Å²) in [6, 6.07) is 1.60. The molecule has 1 aromatic heterocycles. The fourth-order valence-electron chi connectivity index (χ4n) is 1.69. The van der Waals surface area contributed by atoms with Crippen LogP contribution in [0.25, 0.3) is 0 Å². The van der Waals surface area contributed by atoms with E-state index in [1.807, 2.05) is 20.8 Å². The Hall–Kier alpha value is -1.85. The molecule has 0 aromatic carbocycles. The molecule has 18 heavy (non-hydrogen) atoms. The highest BCUT2D eigenvalue weighted by atomic mass is 16.6. The molecule has 1 aliphatic rings. The molecule has 0 saturated carbocycles. The van der Waals surface area contributed by atoms with Crippen LogP contribution >= 0.6 is 0 Å². The number of likely N-dealkylation sites (tertiary alicyclic amines) is 1. The molecule has 6 heteroatoms. The summed E-state index contributed by atoms with van der Waals surface area (Å²) in [6.07, 6.45) is 0.290. The van der Waals surface area contributed by atoms with E-state index in [1.165, 1.54) is 0 Å². The average molecular weight is 252 g/mol. The van der Waals surface area contributed by atoms with Gasteiger partial charge in [-0.1, -0.05) is 5.16 Å². The molecule has 0 atom stereocenters. The first-order valence-corrected chi connectivity index (χ1v) is 5.79. The number of hydrogen-bond acceptors (Lipinski definition) is 5. The van der Waals surface area contributed by atoms with Crippen molar-refractivity contribution in [3.8, 4) is 0 Å². The van der Waals surface area contributed by atoms with Crippen LogP contribution < -0.4 is 0 Å². The molecule has 1 aliphatic heterocycles. The summed E-state index contributed by atoms with van der Waals surface area (Å²) in [5.41, 5.74) is 0.220. The molecular weight excluding hydrogens is 236 g/mol. The van der Waals surface area contributed by atoms with Crippen molar-refractivity contribution in [2.75, 3.05) is 13.1 Å². The Morgan fingerprint density at radius 3 is 2.72 bits per heavy atom. The van der Waals surface area contributed by atoms with E-state index >= 15 is 0 Å². The van der Waals surface area contributed by atoms with Crippen molar-refractivity contribution in [1.29, 1.82) is 0 Å². The number of carbonyl (C=O) groups is 2. The van der Waals surface area contributed by atoms with E-state index in [-0.39, 0.29) is 17.8 Å². The second kappa shape index (κ2) is 4.44. The Morgan fingerprint density at radius 1 is 1.56 bits per heavy atom. The van der Waals surface area contributed by atoms with Crippen molar-refractivity contribution < 1.29 is 18.8 Å². The predicted molar refractivity (Wildman–Crippen MR) is 62.4 cm³/mol. The molecule has 6 nitrogen and oxygen atoms in total. The summed E-state index contributed by atoms with van der Waals surface area (Å²) in [5, 5.41) is 3.79. The van der Waals surface area contributed by atoms with Crippen LogP contribution in [-0.2, 0) is 4.74 Å².